The number of rotatable bonds is 11. The van der Waals surface area contributed by atoms with E-state index in [-0.39, 0.29) is 34.5 Å². The van der Waals surface area contributed by atoms with Crippen LogP contribution in [0.5, 0.6) is 11.5 Å². The first-order valence-corrected chi connectivity index (χ1v) is 10.7. The van der Waals surface area contributed by atoms with Crippen LogP contribution in [0, 0.1) is 0 Å². The molecule has 0 aromatic heterocycles. The van der Waals surface area contributed by atoms with Gasteiger partial charge in [-0.05, 0) is 48.7 Å². The van der Waals surface area contributed by atoms with Gasteiger partial charge in [-0.25, -0.2) is 8.42 Å². The van der Waals surface area contributed by atoms with Crippen LogP contribution < -0.4 is 34.3 Å². The molecule has 6 heteroatoms. The molecule has 142 valence electrons. The van der Waals surface area contributed by atoms with Crippen LogP contribution in [0.2, 0.25) is 0 Å². The van der Waals surface area contributed by atoms with E-state index in [1.807, 2.05) is 24.3 Å². The van der Waals surface area contributed by atoms with Crippen LogP contribution in [-0.4, -0.2) is 13.0 Å². The van der Waals surface area contributed by atoms with E-state index < -0.39 is 10.1 Å². The molecule has 2 aromatic carbocycles. The molecule has 0 aliphatic rings. The third-order valence-corrected chi connectivity index (χ3v) is 5.09. The minimum absolute atomic E-state index is 0. The summed E-state index contributed by atoms with van der Waals surface area (Å²) in [5.74, 6) is 0.987. The van der Waals surface area contributed by atoms with Gasteiger partial charge in [0, 0.05) is 0 Å². The van der Waals surface area contributed by atoms with Crippen LogP contribution in [-0.2, 0) is 16.5 Å². The average Bonchev–Trinajstić information content (AvgIpc) is 2.61. The summed E-state index contributed by atoms with van der Waals surface area (Å²) in [6, 6.07) is 13.7. The van der Waals surface area contributed by atoms with Crippen LogP contribution in [0.15, 0.2) is 53.4 Å². The molecular formula is C21H27NaO4S. The summed E-state index contributed by atoms with van der Waals surface area (Å²) in [5.41, 5.74) is 0.821. The summed E-state index contributed by atoms with van der Waals surface area (Å²) < 4.78 is 40.1. The van der Waals surface area contributed by atoms with Crippen LogP contribution in [0.25, 0.3) is 0 Å². The van der Waals surface area contributed by atoms with E-state index in [0.29, 0.717) is 11.5 Å². The Kier molecular flexibility index (Phi) is 11.3. The molecule has 0 N–H and O–H groups in total. The van der Waals surface area contributed by atoms with E-state index >= 15 is 0 Å². The van der Waals surface area contributed by atoms with E-state index in [1.54, 1.807) is 12.1 Å². The summed E-state index contributed by atoms with van der Waals surface area (Å²) >= 11 is 0. The van der Waals surface area contributed by atoms with E-state index in [2.05, 4.69) is 6.92 Å². The van der Waals surface area contributed by atoms with E-state index in [0.717, 1.165) is 24.8 Å². The molecule has 0 aliphatic heterocycles. The number of aryl methyl sites for hydroxylation is 1. The maximum Gasteiger partial charge on any atom is 1.00 e. The molecule has 27 heavy (non-hydrogen) atoms. The van der Waals surface area contributed by atoms with Crippen molar-refractivity contribution in [2.75, 3.05) is 0 Å². The largest absolute Gasteiger partial charge is 1.00 e. The fraction of sp³-hybridized carbons (Fsp3) is 0.429. The zero-order valence-electron chi connectivity index (χ0n) is 16.3. The molecule has 0 spiro atoms. The van der Waals surface area contributed by atoms with Gasteiger partial charge in [0.15, 0.2) is 0 Å². The molecule has 0 atom stereocenters. The van der Waals surface area contributed by atoms with Crippen LogP contribution >= 0.6 is 0 Å². The van der Waals surface area contributed by atoms with Crippen molar-refractivity contribution < 1.29 is 47.3 Å². The number of ether oxygens (including phenoxy) is 1. The minimum atomic E-state index is -4.52. The number of hydrogen-bond acceptors (Lipinski definition) is 4. The topological polar surface area (TPSA) is 66.4 Å². The Morgan fingerprint density at radius 1 is 0.852 bits per heavy atom. The Hall–Kier alpha value is -0.850. The van der Waals surface area contributed by atoms with Crippen molar-refractivity contribution in [1.29, 1.82) is 0 Å². The summed E-state index contributed by atoms with van der Waals surface area (Å²) in [6.07, 6.45) is 9.03. The SMILES string of the molecule is CCCCCCCCCc1cc(Oc2ccccc2)cc(S(=O)(=O)[O-])c1.[Na+]. The number of hydrogen-bond donors (Lipinski definition) is 0. The maximum atomic E-state index is 11.5. The van der Waals surface area contributed by atoms with Gasteiger partial charge >= 0.3 is 29.6 Å². The molecule has 2 aromatic rings. The Morgan fingerprint density at radius 3 is 2.11 bits per heavy atom. The van der Waals surface area contributed by atoms with Crippen LogP contribution in [0.1, 0.15) is 57.4 Å². The predicted molar refractivity (Wildman–Crippen MR) is 103 cm³/mol. The molecule has 2 rings (SSSR count). The smallest absolute Gasteiger partial charge is 0.744 e. The fourth-order valence-corrected chi connectivity index (χ4v) is 3.45. The molecule has 0 aliphatic carbocycles. The predicted octanol–water partition coefficient (Wildman–Crippen LogP) is 2.68. The summed E-state index contributed by atoms with van der Waals surface area (Å²) in [7, 11) is -4.52. The molecule has 0 fully saturated rings. The monoisotopic (exact) mass is 398 g/mol. The van der Waals surface area contributed by atoms with Crippen molar-refractivity contribution in [1.82, 2.24) is 0 Å². The van der Waals surface area contributed by atoms with Crippen molar-refractivity contribution >= 4 is 10.1 Å². The third-order valence-electron chi connectivity index (χ3n) is 4.28. The molecule has 0 saturated heterocycles. The average molecular weight is 399 g/mol. The zero-order chi connectivity index (χ0) is 18.8. The molecule has 4 nitrogen and oxygen atoms in total. The van der Waals surface area contributed by atoms with Gasteiger partial charge in [0.2, 0.25) is 0 Å². The summed E-state index contributed by atoms with van der Waals surface area (Å²) in [5, 5.41) is 0. The van der Waals surface area contributed by atoms with Crippen molar-refractivity contribution in [3.05, 3.63) is 54.1 Å². The Balaban J connectivity index is 0.00000364. The van der Waals surface area contributed by atoms with Gasteiger partial charge in [0.25, 0.3) is 0 Å². The standard InChI is InChI=1S/C21H28O4S.Na/c1-2-3-4-5-6-7-9-12-18-15-20(17-21(16-18)26(22,23)24)25-19-13-10-8-11-14-19;/h8,10-11,13-17H,2-7,9,12H2,1H3,(H,22,23,24);/q;+1/p-1. The van der Waals surface area contributed by atoms with Gasteiger partial charge in [-0.2, -0.15) is 0 Å². The Bertz CT molecular complexity index is 776. The van der Waals surface area contributed by atoms with Gasteiger partial charge in [-0.3, -0.25) is 0 Å². The fourth-order valence-electron chi connectivity index (χ4n) is 2.89. The zero-order valence-corrected chi connectivity index (χ0v) is 19.1. The number of benzene rings is 2. The normalized spacial score (nSPS) is 11.0. The van der Waals surface area contributed by atoms with Crippen molar-refractivity contribution in [2.45, 2.75) is 63.2 Å². The molecule has 0 radical (unpaired) electrons. The van der Waals surface area contributed by atoms with Crippen molar-refractivity contribution in [2.24, 2.45) is 0 Å². The van der Waals surface area contributed by atoms with Gasteiger partial charge in [0.05, 0.1) is 4.90 Å². The third kappa shape index (κ3) is 9.26. The Labute approximate surface area is 185 Å². The van der Waals surface area contributed by atoms with Gasteiger partial charge in [0.1, 0.15) is 21.6 Å². The van der Waals surface area contributed by atoms with Crippen LogP contribution in [0.3, 0.4) is 0 Å². The molecule has 0 unspecified atom stereocenters. The second-order valence-corrected chi connectivity index (χ2v) is 7.93. The van der Waals surface area contributed by atoms with Gasteiger partial charge in [-0.15, -0.1) is 0 Å². The molecule has 0 heterocycles. The van der Waals surface area contributed by atoms with Crippen molar-refractivity contribution in [3.63, 3.8) is 0 Å². The van der Waals surface area contributed by atoms with Crippen molar-refractivity contribution in [3.8, 4) is 11.5 Å². The first-order chi connectivity index (χ1) is 12.5. The van der Waals surface area contributed by atoms with E-state index in [4.69, 9.17) is 4.74 Å². The first kappa shape index (κ1) is 24.2. The van der Waals surface area contributed by atoms with Crippen LogP contribution in [0.4, 0.5) is 0 Å². The second-order valence-electron chi connectivity index (χ2n) is 6.55. The molecule has 0 amide bonds. The van der Waals surface area contributed by atoms with Gasteiger partial charge < -0.3 is 9.29 Å². The summed E-state index contributed by atoms with van der Waals surface area (Å²) in [6.45, 7) is 2.20. The van der Waals surface area contributed by atoms with E-state index in [1.165, 1.54) is 44.2 Å². The maximum absolute atomic E-state index is 11.5. The van der Waals surface area contributed by atoms with Gasteiger partial charge in [-0.1, -0.05) is 63.6 Å². The molecular weight excluding hydrogens is 371 g/mol. The number of para-hydroxylation sites is 1. The summed E-state index contributed by atoms with van der Waals surface area (Å²) in [4.78, 5) is -0.233. The molecule has 0 bridgehead atoms. The minimum Gasteiger partial charge on any atom is -0.744 e. The van der Waals surface area contributed by atoms with E-state index in [9.17, 15) is 13.0 Å². The number of unbranched alkanes of at least 4 members (excludes halogenated alkanes) is 6. The molecule has 0 saturated carbocycles. The first-order valence-electron chi connectivity index (χ1n) is 9.32. The Morgan fingerprint density at radius 2 is 1.48 bits per heavy atom. The quantitative estimate of drug-likeness (QED) is 0.332. The second kappa shape index (κ2) is 12.6.